The fraction of sp³-hybridized carbons (Fsp3) is 0.444. The molecule has 0 amide bonds. The smallest absolute Gasteiger partial charge is 0.288 e. The third kappa shape index (κ3) is 3.47. The molecule has 0 saturated carbocycles. The van der Waals surface area contributed by atoms with E-state index in [9.17, 15) is 10.1 Å². The van der Waals surface area contributed by atoms with Crippen molar-refractivity contribution in [3.05, 3.63) is 26.9 Å². The molecule has 0 radical (unpaired) electrons. The molecule has 1 aromatic rings. The second kappa shape index (κ2) is 5.65. The number of pyridine rings is 1. The second-order valence-corrected chi connectivity index (χ2v) is 3.92. The molecule has 1 rings (SSSR count). The van der Waals surface area contributed by atoms with E-state index in [4.69, 9.17) is 0 Å². The summed E-state index contributed by atoms with van der Waals surface area (Å²) in [6.45, 7) is 2.92. The van der Waals surface area contributed by atoms with Crippen LogP contribution in [0.1, 0.15) is 19.8 Å². The Labute approximate surface area is 96.2 Å². The molecule has 15 heavy (non-hydrogen) atoms. The molecular weight excluding hydrogens is 262 g/mol. The minimum Gasteiger partial charge on any atom is -0.369 e. The van der Waals surface area contributed by atoms with Crippen molar-refractivity contribution in [2.45, 2.75) is 19.8 Å². The van der Waals surface area contributed by atoms with Crippen LogP contribution in [0.2, 0.25) is 0 Å². The van der Waals surface area contributed by atoms with Gasteiger partial charge in [-0.15, -0.1) is 0 Å². The molecule has 0 aliphatic carbocycles. The lowest BCUT2D eigenvalue weighted by atomic mass is 10.3. The summed E-state index contributed by atoms with van der Waals surface area (Å²) < 4.78 is 0.618. The number of rotatable bonds is 5. The Bertz CT molecular complexity index is 357. The maximum absolute atomic E-state index is 10.4. The lowest BCUT2D eigenvalue weighted by Gasteiger charge is -2.05. The molecule has 1 N–H and O–H groups in total. The molecule has 0 saturated heterocycles. The number of nitrogens with one attached hydrogen (secondary N) is 1. The maximum Gasteiger partial charge on any atom is 0.288 e. The summed E-state index contributed by atoms with van der Waals surface area (Å²) in [6.07, 6.45) is 3.39. The molecular formula is C9H12BrN3O2. The Hall–Kier alpha value is -1.17. The molecule has 0 atom stereocenters. The number of aromatic nitrogens is 1. The monoisotopic (exact) mass is 273 g/mol. The average Bonchev–Trinajstić information content (AvgIpc) is 2.20. The minimum absolute atomic E-state index is 0.0112. The number of nitrogens with zero attached hydrogens (tertiary/aromatic N) is 2. The molecule has 0 unspecified atom stereocenters. The van der Waals surface area contributed by atoms with E-state index >= 15 is 0 Å². The normalized spacial score (nSPS) is 10.0. The predicted octanol–water partition coefficient (Wildman–Crippen LogP) is 2.96. The second-order valence-electron chi connectivity index (χ2n) is 3.06. The fourth-order valence-electron chi connectivity index (χ4n) is 1.04. The first-order chi connectivity index (χ1) is 7.15. The number of hydrogen-bond acceptors (Lipinski definition) is 4. The van der Waals surface area contributed by atoms with Crippen molar-refractivity contribution in [2.24, 2.45) is 0 Å². The zero-order valence-corrected chi connectivity index (χ0v) is 9.95. The zero-order chi connectivity index (χ0) is 11.3. The summed E-state index contributed by atoms with van der Waals surface area (Å²) in [5.41, 5.74) is -0.0112. The third-order valence-electron chi connectivity index (χ3n) is 1.86. The molecule has 0 bridgehead atoms. The fourth-order valence-corrected chi connectivity index (χ4v) is 1.52. The summed E-state index contributed by atoms with van der Waals surface area (Å²) in [5.74, 6) is 0.647. The molecule has 0 aliphatic rings. The number of unbranched alkanes of at least 4 members (excludes halogenated alkanes) is 1. The maximum atomic E-state index is 10.4. The van der Waals surface area contributed by atoms with Crippen LogP contribution in [-0.4, -0.2) is 16.5 Å². The number of anilines is 1. The highest BCUT2D eigenvalue weighted by Crippen LogP contribution is 2.24. The van der Waals surface area contributed by atoms with Gasteiger partial charge < -0.3 is 5.32 Å². The molecule has 1 heterocycles. The van der Waals surface area contributed by atoms with E-state index in [0.29, 0.717) is 10.3 Å². The van der Waals surface area contributed by atoms with Crippen molar-refractivity contribution in [1.82, 2.24) is 4.98 Å². The molecule has 0 aromatic carbocycles. The van der Waals surface area contributed by atoms with Crippen LogP contribution in [0.25, 0.3) is 0 Å². The first-order valence-corrected chi connectivity index (χ1v) is 5.48. The van der Waals surface area contributed by atoms with Crippen molar-refractivity contribution in [2.75, 3.05) is 11.9 Å². The van der Waals surface area contributed by atoms with Gasteiger partial charge in [0.2, 0.25) is 0 Å². The number of hydrogen-bond donors (Lipinski definition) is 1. The Morgan fingerprint density at radius 3 is 2.93 bits per heavy atom. The predicted molar refractivity (Wildman–Crippen MR) is 62.0 cm³/mol. The molecule has 0 fully saturated rings. The van der Waals surface area contributed by atoms with Gasteiger partial charge in [0, 0.05) is 12.6 Å². The number of nitro groups is 1. The van der Waals surface area contributed by atoms with Gasteiger partial charge in [0.15, 0.2) is 0 Å². The SMILES string of the molecule is CCCCNc1ncc([N+](=O)[O-])cc1Br. The van der Waals surface area contributed by atoms with Crippen LogP contribution in [0.3, 0.4) is 0 Å². The highest BCUT2D eigenvalue weighted by molar-refractivity contribution is 9.10. The van der Waals surface area contributed by atoms with Gasteiger partial charge >= 0.3 is 0 Å². The Morgan fingerprint density at radius 1 is 1.67 bits per heavy atom. The standard InChI is InChI=1S/C9H12BrN3O2/c1-2-3-4-11-9-8(10)5-7(6-12-9)13(14)15/h5-6H,2-4H2,1H3,(H,11,12). The molecule has 5 nitrogen and oxygen atoms in total. The number of halogens is 1. The van der Waals surface area contributed by atoms with Crippen molar-refractivity contribution >= 4 is 27.4 Å². The van der Waals surface area contributed by atoms with Crippen LogP contribution in [-0.2, 0) is 0 Å². The van der Waals surface area contributed by atoms with Gasteiger partial charge in [0.05, 0.1) is 9.40 Å². The van der Waals surface area contributed by atoms with Gasteiger partial charge in [0.25, 0.3) is 5.69 Å². The quantitative estimate of drug-likeness (QED) is 0.509. The van der Waals surface area contributed by atoms with Gasteiger partial charge in [-0.05, 0) is 22.4 Å². The molecule has 0 aliphatic heterocycles. The summed E-state index contributed by atoms with van der Waals surface area (Å²) >= 11 is 3.24. The highest BCUT2D eigenvalue weighted by Gasteiger charge is 2.09. The van der Waals surface area contributed by atoms with E-state index < -0.39 is 4.92 Å². The largest absolute Gasteiger partial charge is 0.369 e. The van der Waals surface area contributed by atoms with Crippen LogP contribution in [0, 0.1) is 10.1 Å². The third-order valence-corrected chi connectivity index (χ3v) is 2.46. The van der Waals surface area contributed by atoms with Gasteiger partial charge in [0.1, 0.15) is 12.0 Å². The Morgan fingerprint density at radius 2 is 2.40 bits per heavy atom. The molecule has 82 valence electrons. The van der Waals surface area contributed by atoms with Gasteiger partial charge in [-0.1, -0.05) is 13.3 Å². The van der Waals surface area contributed by atoms with Crippen molar-refractivity contribution in [1.29, 1.82) is 0 Å². The summed E-state index contributed by atoms with van der Waals surface area (Å²) in [7, 11) is 0. The van der Waals surface area contributed by atoms with Crippen LogP contribution in [0.4, 0.5) is 11.5 Å². The van der Waals surface area contributed by atoms with Crippen molar-refractivity contribution in [3.63, 3.8) is 0 Å². The van der Waals surface area contributed by atoms with E-state index in [0.717, 1.165) is 19.4 Å². The molecule has 0 spiro atoms. The molecule has 6 heteroatoms. The first-order valence-electron chi connectivity index (χ1n) is 4.69. The summed E-state index contributed by atoms with van der Waals surface area (Å²) in [5, 5.41) is 13.5. The van der Waals surface area contributed by atoms with Gasteiger partial charge in [-0.25, -0.2) is 4.98 Å². The average molecular weight is 274 g/mol. The van der Waals surface area contributed by atoms with Crippen LogP contribution >= 0.6 is 15.9 Å². The van der Waals surface area contributed by atoms with E-state index in [1.165, 1.54) is 12.3 Å². The van der Waals surface area contributed by atoms with Crippen molar-refractivity contribution < 1.29 is 4.92 Å². The van der Waals surface area contributed by atoms with E-state index in [2.05, 4.69) is 33.2 Å². The summed E-state index contributed by atoms with van der Waals surface area (Å²) in [4.78, 5) is 14.0. The van der Waals surface area contributed by atoms with E-state index in [1.807, 2.05) is 0 Å². The van der Waals surface area contributed by atoms with Crippen LogP contribution in [0.15, 0.2) is 16.7 Å². The van der Waals surface area contributed by atoms with Crippen LogP contribution < -0.4 is 5.32 Å². The molecule has 1 aromatic heterocycles. The lowest BCUT2D eigenvalue weighted by molar-refractivity contribution is -0.385. The lowest BCUT2D eigenvalue weighted by Crippen LogP contribution is -2.03. The minimum atomic E-state index is -0.465. The van der Waals surface area contributed by atoms with Crippen molar-refractivity contribution in [3.8, 4) is 0 Å². The van der Waals surface area contributed by atoms with E-state index in [1.54, 1.807) is 0 Å². The van der Waals surface area contributed by atoms with Gasteiger partial charge in [-0.2, -0.15) is 0 Å². The van der Waals surface area contributed by atoms with E-state index in [-0.39, 0.29) is 5.69 Å². The van der Waals surface area contributed by atoms with Crippen LogP contribution in [0.5, 0.6) is 0 Å². The highest BCUT2D eigenvalue weighted by atomic mass is 79.9. The van der Waals surface area contributed by atoms with Gasteiger partial charge in [-0.3, -0.25) is 10.1 Å². The zero-order valence-electron chi connectivity index (χ0n) is 8.36. The summed E-state index contributed by atoms with van der Waals surface area (Å²) in [6, 6.07) is 1.45. The Kier molecular flexibility index (Phi) is 4.48. The Balaban J connectivity index is 2.70. The first kappa shape index (κ1) is 11.9. The topological polar surface area (TPSA) is 68.1 Å².